The lowest BCUT2D eigenvalue weighted by Gasteiger charge is -2.23. The van der Waals surface area contributed by atoms with Crippen LogP contribution in [0.15, 0.2) is 59.5 Å². The first-order valence-electron chi connectivity index (χ1n) is 10.7. The molecule has 2 unspecified atom stereocenters. The lowest BCUT2D eigenvalue weighted by molar-refractivity contribution is -0.107. The van der Waals surface area contributed by atoms with E-state index in [1.807, 2.05) is 18.2 Å². The Hall–Kier alpha value is -2.33. The van der Waals surface area contributed by atoms with Crippen LogP contribution in [0.3, 0.4) is 0 Å². The van der Waals surface area contributed by atoms with Crippen LogP contribution in [0.4, 0.5) is 9.57 Å². The summed E-state index contributed by atoms with van der Waals surface area (Å²) in [5.74, 6) is 1.07. The first-order chi connectivity index (χ1) is 14.6. The van der Waals surface area contributed by atoms with E-state index in [4.69, 9.17) is 0 Å². The number of rotatable bonds is 7. The fourth-order valence-electron chi connectivity index (χ4n) is 4.88. The molecular formula is C26H28FNOS. The number of carbonyl (C=O) groups is 1. The van der Waals surface area contributed by atoms with E-state index in [-0.39, 0.29) is 12.1 Å². The fraction of sp³-hybridized carbons (Fsp3) is 0.346. The van der Waals surface area contributed by atoms with Crippen molar-refractivity contribution >= 4 is 34.9 Å². The number of aldehydes is 1. The van der Waals surface area contributed by atoms with Crippen LogP contribution in [0.2, 0.25) is 0 Å². The van der Waals surface area contributed by atoms with Crippen LogP contribution in [-0.2, 0) is 11.2 Å². The predicted octanol–water partition coefficient (Wildman–Crippen LogP) is 6.89. The summed E-state index contributed by atoms with van der Waals surface area (Å²) in [6.45, 7) is 6.41. The highest BCUT2D eigenvalue weighted by Crippen LogP contribution is 2.38. The maximum absolute atomic E-state index is 13.6. The molecule has 1 aliphatic heterocycles. The Morgan fingerprint density at radius 3 is 2.73 bits per heavy atom. The zero-order chi connectivity index (χ0) is 21.1. The lowest BCUT2D eigenvalue weighted by Crippen LogP contribution is -2.20. The Morgan fingerprint density at radius 2 is 1.97 bits per heavy atom. The van der Waals surface area contributed by atoms with Crippen LogP contribution >= 0.6 is 12.1 Å². The number of benzene rings is 3. The summed E-state index contributed by atoms with van der Waals surface area (Å²) in [6, 6.07) is 18.9. The predicted molar refractivity (Wildman–Crippen MR) is 125 cm³/mol. The van der Waals surface area contributed by atoms with Gasteiger partial charge in [-0.25, -0.2) is 0 Å². The van der Waals surface area contributed by atoms with Crippen LogP contribution < -0.4 is 4.90 Å². The van der Waals surface area contributed by atoms with Gasteiger partial charge < -0.3 is 9.69 Å². The maximum Gasteiger partial charge on any atom is 0.124 e. The average molecular weight is 422 g/mol. The third-order valence-electron chi connectivity index (χ3n) is 6.45. The first kappa shape index (κ1) is 20.9. The second-order valence-electron chi connectivity index (χ2n) is 8.50. The second kappa shape index (κ2) is 9.22. The van der Waals surface area contributed by atoms with Crippen LogP contribution in [-0.4, -0.2) is 19.4 Å². The Bertz CT molecular complexity index is 1050. The van der Waals surface area contributed by atoms with E-state index in [0.717, 1.165) is 43.5 Å². The largest absolute Gasteiger partial charge is 0.370 e. The van der Waals surface area contributed by atoms with Crippen LogP contribution in [0.25, 0.3) is 10.8 Å². The van der Waals surface area contributed by atoms with Gasteiger partial charge in [-0.15, -0.1) is 0 Å². The monoisotopic (exact) mass is 421 g/mol. The zero-order valence-corrected chi connectivity index (χ0v) is 18.4. The van der Waals surface area contributed by atoms with Crippen molar-refractivity contribution in [2.75, 3.05) is 18.0 Å². The number of hydrogen-bond acceptors (Lipinski definition) is 3. The smallest absolute Gasteiger partial charge is 0.124 e. The maximum atomic E-state index is 13.6. The number of aryl methyl sites for hydroxylation is 1. The molecule has 4 rings (SSSR count). The lowest BCUT2D eigenvalue weighted by atomic mass is 9.86. The third-order valence-corrected chi connectivity index (χ3v) is 6.94. The van der Waals surface area contributed by atoms with Crippen LogP contribution in [0, 0.1) is 12.8 Å². The van der Waals surface area contributed by atoms with E-state index in [0.29, 0.717) is 23.2 Å². The quantitative estimate of drug-likeness (QED) is 0.388. The van der Waals surface area contributed by atoms with Crippen molar-refractivity contribution in [3.63, 3.8) is 0 Å². The van der Waals surface area contributed by atoms with E-state index in [2.05, 4.69) is 55.1 Å². The van der Waals surface area contributed by atoms with E-state index in [1.165, 1.54) is 21.9 Å². The molecule has 3 aromatic carbocycles. The minimum Gasteiger partial charge on any atom is -0.370 e. The van der Waals surface area contributed by atoms with Crippen molar-refractivity contribution < 1.29 is 8.68 Å². The molecule has 2 atom stereocenters. The summed E-state index contributed by atoms with van der Waals surface area (Å²) in [5.41, 5.74) is 4.56. The van der Waals surface area contributed by atoms with Gasteiger partial charge >= 0.3 is 0 Å². The Kier molecular flexibility index (Phi) is 6.43. The standard InChI is InChI=1S/C26H28FNOS/c1-18-7-9-23(24-6-4-3-5-22(18)24)19(2)15-21-11-13-28(17-21)25-10-8-20(12-14-29)16-26(25)30-27/h3-10,14,16,19,21H,11-13,15,17H2,1-2H3. The van der Waals surface area contributed by atoms with Gasteiger partial charge in [-0.05, 0) is 71.2 Å². The molecule has 0 bridgehead atoms. The number of carbonyl (C=O) groups excluding carboxylic acids is 1. The van der Waals surface area contributed by atoms with Crippen LogP contribution in [0.1, 0.15) is 42.4 Å². The molecule has 0 N–H and O–H groups in total. The summed E-state index contributed by atoms with van der Waals surface area (Å²) < 4.78 is 13.6. The van der Waals surface area contributed by atoms with Gasteiger partial charge in [0, 0.05) is 19.5 Å². The van der Waals surface area contributed by atoms with E-state index in [1.54, 1.807) is 0 Å². The molecule has 2 nitrogen and oxygen atoms in total. The highest BCUT2D eigenvalue weighted by Gasteiger charge is 2.27. The Balaban J connectivity index is 1.48. The summed E-state index contributed by atoms with van der Waals surface area (Å²) >= 11 is 0.279. The molecule has 0 spiro atoms. The van der Waals surface area contributed by atoms with Crippen molar-refractivity contribution in [3.05, 3.63) is 71.3 Å². The number of hydrogen-bond donors (Lipinski definition) is 0. The van der Waals surface area contributed by atoms with Gasteiger partial charge in [-0.3, -0.25) is 0 Å². The van der Waals surface area contributed by atoms with Crippen molar-refractivity contribution in [1.82, 2.24) is 0 Å². The molecule has 156 valence electrons. The van der Waals surface area contributed by atoms with Crippen molar-refractivity contribution in [2.45, 2.75) is 43.9 Å². The average Bonchev–Trinajstić information content (AvgIpc) is 3.22. The molecule has 3 aromatic rings. The van der Waals surface area contributed by atoms with Gasteiger partial charge in [-0.1, -0.05) is 49.4 Å². The molecule has 1 aliphatic rings. The molecule has 1 saturated heterocycles. The molecule has 1 heterocycles. The highest BCUT2D eigenvalue weighted by atomic mass is 32.2. The van der Waals surface area contributed by atoms with E-state index < -0.39 is 0 Å². The molecule has 30 heavy (non-hydrogen) atoms. The number of fused-ring (bicyclic) bond motifs is 1. The SMILES string of the molecule is Cc1ccc(C(C)CC2CCN(c3ccc(CC=O)cc3SF)C2)c2ccccc12. The van der Waals surface area contributed by atoms with Gasteiger partial charge in [0.2, 0.25) is 0 Å². The van der Waals surface area contributed by atoms with Crippen molar-refractivity contribution in [1.29, 1.82) is 0 Å². The van der Waals surface area contributed by atoms with Crippen molar-refractivity contribution in [2.24, 2.45) is 5.92 Å². The van der Waals surface area contributed by atoms with Gasteiger partial charge in [0.1, 0.15) is 6.29 Å². The Morgan fingerprint density at radius 1 is 1.17 bits per heavy atom. The van der Waals surface area contributed by atoms with Crippen molar-refractivity contribution in [3.8, 4) is 0 Å². The van der Waals surface area contributed by atoms with Gasteiger partial charge in [0.05, 0.1) is 22.7 Å². The molecular weight excluding hydrogens is 393 g/mol. The van der Waals surface area contributed by atoms with Gasteiger partial charge in [-0.2, -0.15) is 3.89 Å². The van der Waals surface area contributed by atoms with E-state index in [9.17, 15) is 8.68 Å². The highest BCUT2D eigenvalue weighted by molar-refractivity contribution is 7.94. The first-order valence-corrected chi connectivity index (χ1v) is 11.4. The molecule has 0 saturated carbocycles. The van der Waals surface area contributed by atoms with Gasteiger partial charge in [0.15, 0.2) is 0 Å². The fourth-order valence-corrected chi connectivity index (χ4v) is 5.35. The second-order valence-corrected chi connectivity index (χ2v) is 9.10. The zero-order valence-electron chi connectivity index (χ0n) is 17.6. The molecule has 0 amide bonds. The number of halogens is 1. The summed E-state index contributed by atoms with van der Waals surface area (Å²) in [5, 5.41) is 2.71. The molecule has 0 aliphatic carbocycles. The number of nitrogens with zero attached hydrogens (tertiary/aromatic N) is 1. The normalized spacial score (nSPS) is 17.4. The molecule has 0 aromatic heterocycles. The number of anilines is 1. The minimum absolute atomic E-state index is 0.279. The topological polar surface area (TPSA) is 20.3 Å². The van der Waals surface area contributed by atoms with Crippen LogP contribution in [0.5, 0.6) is 0 Å². The van der Waals surface area contributed by atoms with E-state index >= 15 is 0 Å². The van der Waals surface area contributed by atoms with Gasteiger partial charge in [0.25, 0.3) is 0 Å². The Labute approximate surface area is 182 Å². The minimum atomic E-state index is 0.279. The summed E-state index contributed by atoms with van der Waals surface area (Å²) in [6.07, 6.45) is 3.45. The molecule has 1 fully saturated rings. The summed E-state index contributed by atoms with van der Waals surface area (Å²) in [4.78, 5) is 13.7. The summed E-state index contributed by atoms with van der Waals surface area (Å²) in [7, 11) is 0. The third kappa shape index (κ3) is 4.24. The molecule has 4 heteroatoms. The molecule has 0 radical (unpaired) electrons.